The highest BCUT2D eigenvalue weighted by atomic mass is 35.5. The molecule has 0 aliphatic rings. The second-order valence-corrected chi connectivity index (χ2v) is 4.43. The molecule has 0 atom stereocenters. The minimum atomic E-state index is -5.01. The van der Waals surface area contributed by atoms with Gasteiger partial charge in [0.2, 0.25) is 10.8 Å². The van der Waals surface area contributed by atoms with Crippen molar-refractivity contribution in [2.24, 2.45) is 0 Å². The molecule has 0 unspecified atom stereocenters. The molecule has 0 radical (unpaired) electrons. The molecular formula is C10H7ClF3N5O2. The fourth-order valence-electron chi connectivity index (χ4n) is 1.70. The Morgan fingerprint density at radius 1 is 1.33 bits per heavy atom. The van der Waals surface area contributed by atoms with E-state index in [1.807, 2.05) is 0 Å². The van der Waals surface area contributed by atoms with Crippen LogP contribution in [0.4, 0.5) is 18.9 Å². The molecule has 7 nitrogen and oxygen atoms in total. The molecule has 2 aromatic rings. The molecule has 11 heteroatoms. The molecule has 0 saturated heterocycles. The van der Waals surface area contributed by atoms with Crippen molar-refractivity contribution in [2.75, 3.05) is 0 Å². The van der Waals surface area contributed by atoms with Crippen molar-refractivity contribution in [3.63, 3.8) is 0 Å². The van der Waals surface area contributed by atoms with Crippen LogP contribution in [0.25, 0.3) is 5.82 Å². The second-order valence-electron chi connectivity index (χ2n) is 4.07. The van der Waals surface area contributed by atoms with Crippen molar-refractivity contribution in [3.05, 3.63) is 38.5 Å². The molecule has 0 saturated carbocycles. The van der Waals surface area contributed by atoms with E-state index in [1.54, 1.807) is 6.92 Å². The summed E-state index contributed by atoms with van der Waals surface area (Å²) in [6.07, 6.45) is -5.01. The van der Waals surface area contributed by atoms with Crippen molar-refractivity contribution in [1.29, 1.82) is 0 Å². The van der Waals surface area contributed by atoms with E-state index in [1.165, 1.54) is 13.0 Å². The summed E-state index contributed by atoms with van der Waals surface area (Å²) in [5, 5.41) is 13.2. The van der Waals surface area contributed by atoms with E-state index in [-0.39, 0.29) is 11.6 Å². The van der Waals surface area contributed by atoms with Gasteiger partial charge >= 0.3 is 11.9 Å². The lowest BCUT2D eigenvalue weighted by Crippen LogP contribution is -2.10. The maximum absolute atomic E-state index is 12.8. The molecule has 21 heavy (non-hydrogen) atoms. The summed E-state index contributed by atoms with van der Waals surface area (Å²) in [6, 6.07) is 1.32. The van der Waals surface area contributed by atoms with Crippen LogP contribution in [-0.2, 0) is 6.18 Å². The lowest BCUT2D eigenvalue weighted by Gasteiger charge is -2.03. The number of nitrogens with zero attached hydrogens (tertiary/aromatic N) is 5. The van der Waals surface area contributed by atoms with E-state index >= 15 is 0 Å². The zero-order valence-electron chi connectivity index (χ0n) is 10.6. The number of hydrogen-bond acceptors (Lipinski definition) is 5. The van der Waals surface area contributed by atoms with E-state index < -0.39 is 27.6 Å². The SMILES string of the molecule is Cc1cc(-n2nc(C(F)(F)F)c([N+](=O)[O-])c2Cl)nc(C)n1. The quantitative estimate of drug-likeness (QED) is 0.627. The standard InChI is InChI=1S/C10H7ClF3N5O2/c1-4-3-6(16-5(2)15-4)18-9(11)7(19(20)21)8(17-18)10(12,13)14/h3H,1-2H3. The van der Waals surface area contributed by atoms with Crippen LogP contribution >= 0.6 is 11.6 Å². The van der Waals surface area contributed by atoms with Crippen LogP contribution in [0.15, 0.2) is 6.07 Å². The number of nitro groups is 1. The Kier molecular flexibility index (Phi) is 3.58. The number of rotatable bonds is 2. The summed E-state index contributed by atoms with van der Waals surface area (Å²) in [5.74, 6) is 0.191. The zero-order chi connectivity index (χ0) is 15.9. The Bertz CT molecular complexity index is 708. The number of aryl methyl sites for hydroxylation is 2. The molecule has 0 N–H and O–H groups in total. The van der Waals surface area contributed by atoms with Gasteiger partial charge in [-0.3, -0.25) is 10.1 Å². The van der Waals surface area contributed by atoms with Gasteiger partial charge in [0.25, 0.3) is 0 Å². The van der Waals surface area contributed by atoms with Crippen LogP contribution in [0, 0.1) is 24.0 Å². The topological polar surface area (TPSA) is 86.7 Å². The molecule has 2 heterocycles. The first-order valence-corrected chi connectivity index (χ1v) is 5.82. The third-order valence-electron chi connectivity index (χ3n) is 2.43. The average Bonchev–Trinajstić information content (AvgIpc) is 2.65. The van der Waals surface area contributed by atoms with Gasteiger partial charge in [-0.05, 0) is 13.8 Å². The summed E-state index contributed by atoms with van der Waals surface area (Å²) in [7, 11) is 0. The number of halogens is 4. The molecular weight excluding hydrogens is 315 g/mol. The first-order valence-electron chi connectivity index (χ1n) is 5.44. The lowest BCUT2D eigenvalue weighted by atomic mass is 10.3. The Balaban J connectivity index is 2.74. The Labute approximate surface area is 120 Å². The zero-order valence-corrected chi connectivity index (χ0v) is 11.4. The van der Waals surface area contributed by atoms with Crippen LogP contribution in [0.5, 0.6) is 0 Å². The molecule has 0 aliphatic heterocycles. The summed E-state index contributed by atoms with van der Waals surface area (Å²) < 4.78 is 39.0. The van der Waals surface area contributed by atoms with Crippen molar-refractivity contribution in [2.45, 2.75) is 20.0 Å². The van der Waals surface area contributed by atoms with Gasteiger partial charge in [0.15, 0.2) is 5.82 Å². The van der Waals surface area contributed by atoms with Gasteiger partial charge in [-0.1, -0.05) is 11.6 Å². The van der Waals surface area contributed by atoms with Crippen LogP contribution in [0.3, 0.4) is 0 Å². The molecule has 0 fully saturated rings. The van der Waals surface area contributed by atoms with Crippen molar-refractivity contribution in [1.82, 2.24) is 19.7 Å². The maximum atomic E-state index is 12.8. The van der Waals surface area contributed by atoms with Crippen LogP contribution in [0.2, 0.25) is 5.15 Å². The third kappa shape index (κ3) is 2.79. The summed E-state index contributed by atoms with van der Waals surface area (Å²) in [4.78, 5) is 17.4. The second kappa shape index (κ2) is 4.95. The van der Waals surface area contributed by atoms with E-state index in [9.17, 15) is 23.3 Å². The van der Waals surface area contributed by atoms with Crippen molar-refractivity contribution < 1.29 is 18.1 Å². The minimum absolute atomic E-state index is 0.0800. The maximum Gasteiger partial charge on any atom is 0.442 e. The fraction of sp³-hybridized carbons (Fsp3) is 0.300. The van der Waals surface area contributed by atoms with Crippen LogP contribution in [-0.4, -0.2) is 24.7 Å². The first-order chi connectivity index (χ1) is 9.61. The summed E-state index contributed by atoms with van der Waals surface area (Å²) in [5.41, 5.74) is -2.52. The Hall–Kier alpha value is -2.23. The highest BCUT2D eigenvalue weighted by Gasteiger charge is 2.45. The lowest BCUT2D eigenvalue weighted by molar-refractivity contribution is -0.388. The molecule has 0 spiro atoms. The molecule has 112 valence electrons. The average molecular weight is 322 g/mol. The largest absolute Gasteiger partial charge is 0.442 e. The molecule has 0 aromatic carbocycles. The van der Waals surface area contributed by atoms with Gasteiger partial charge < -0.3 is 0 Å². The van der Waals surface area contributed by atoms with E-state index in [4.69, 9.17) is 11.6 Å². The summed E-state index contributed by atoms with van der Waals surface area (Å²) in [6.45, 7) is 3.11. The van der Waals surface area contributed by atoms with E-state index in [0.29, 0.717) is 10.4 Å². The van der Waals surface area contributed by atoms with Crippen LogP contribution in [0.1, 0.15) is 17.2 Å². The smallest absolute Gasteiger partial charge is 0.258 e. The predicted octanol–water partition coefficient (Wildman–Crippen LogP) is 2.86. The van der Waals surface area contributed by atoms with Crippen molar-refractivity contribution in [3.8, 4) is 5.82 Å². The van der Waals surface area contributed by atoms with Gasteiger partial charge in [-0.25, -0.2) is 9.97 Å². The summed E-state index contributed by atoms with van der Waals surface area (Å²) >= 11 is 5.67. The predicted molar refractivity (Wildman–Crippen MR) is 65.3 cm³/mol. The van der Waals surface area contributed by atoms with Gasteiger partial charge in [0.1, 0.15) is 5.82 Å². The molecule has 2 aromatic heterocycles. The van der Waals surface area contributed by atoms with Gasteiger partial charge in [0, 0.05) is 11.8 Å². The number of hydrogen-bond donors (Lipinski definition) is 0. The minimum Gasteiger partial charge on any atom is -0.258 e. The molecule has 0 aliphatic carbocycles. The van der Waals surface area contributed by atoms with E-state index in [0.717, 1.165) is 0 Å². The highest BCUT2D eigenvalue weighted by Crippen LogP contribution is 2.40. The number of alkyl halides is 3. The van der Waals surface area contributed by atoms with E-state index in [2.05, 4.69) is 15.1 Å². The van der Waals surface area contributed by atoms with Crippen LogP contribution < -0.4 is 0 Å². The monoisotopic (exact) mass is 321 g/mol. The molecule has 0 bridgehead atoms. The first kappa shape index (κ1) is 15.2. The van der Waals surface area contributed by atoms with Gasteiger partial charge in [-0.2, -0.15) is 23.0 Å². The Morgan fingerprint density at radius 2 is 1.95 bits per heavy atom. The Morgan fingerprint density at radius 3 is 2.38 bits per heavy atom. The van der Waals surface area contributed by atoms with Gasteiger partial charge in [-0.15, -0.1) is 0 Å². The molecule has 0 amide bonds. The fourth-order valence-corrected chi connectivity index (χ4v) is 1.98. The number of aromatic nitrogens is 4. The van der Waals surface area contributed by atoms with Gasteiger partial charge in [0.05, 0.1) is 4.92 Å². The third-order valence-corrected chi connectivity index (χ3v) is 2.77. The molecule has 2 rings (SSSR count). The normalized spacial score (nSPS) is 11.7. The van der Waals surface area contributed by atoms with Crippen molar-refractivity contribution >= 4 is 17.3 Å². The highest BCUT2D eigenvalue weighted by molar-refractivity contribution is 6.32.